The Hall–Kier alpha value is -2.65. The number of rotatable bonds is 5. The van der Waals surface area contributed by atoms with E-state index in [1.807, 2.05) is 6.08 Å². The lowest BCUT2D eigenvalue weighted by atomic mass is 9.56. The largest absolute Gasteiger partial charge is 0.507 e. The smallest absolute Gasteiger partial charge is 0.254 e. The number of allylic oxidation sites excluding steroid dienone is 3. The van der Waals surface area contributed by atoms with E-state index in [0.717, 1.165) is 9.80 Å². The van der Waals surface area contributed by atoms with Crippen molar-refractivity contribution in [2.75, 3.05) is 10.4 Å². The van der Waals surface area contributed by atoms with Crippen LogP contribution in [-0.2, 0) is 25.6 Å². The number of carbonyl (C=O) groups is 4. The van der Waals surface area contributed by atoms with Gasteiger partial charge >= 0.3 is 0 Å². The van der Waals surface area contributed by atoms with Crippen molar-refractivity contribution in [1.29, 1.82) is 0 Å². The highest BCUT2D eigenvalue weighted by molar-refractivity contribution is 9.09. The van der Waals surface area contributed by atoms with E-state index < -0.39 is 51.1 Å². The van der Waals surface area contributed by atoms with Gasteiger partial charge in [0.2, 0.25) is 11.8 Å². The number of carbonyl (C=O) groups excluding carboxylic acids is 4. The zero-order valence-corrected chi connectivity index (χ0v) is 25.4. The number of phenolic OH excluding ortho intramolecular Hbond substituents is 1. The Kier molecular flexibility index (Phi) is 6.92. The zero-order valence-electron chi connectivity index (χ0n) is 21.5. The summed E-state index contributed by atoms with van der Waals surface area (Å²) in [7, 11) is 0. The van der Waals surface area contributed by atoms with E-state index in [1.54, 1.807) is 48.5 Å². The molecule has 4 amide bonds. The maximum atomic E-state index is 14.0. The van der Waals surface area contributed by atoms with E-state index in [0.29, 0.717) is 33.8 Å². The normalized spacial score (nSPS) is 32.5. The second-order valence-electron chi connectivity index (χ2n) is 10.8. The second-order valence-corrected chi connectivity index (χ2v) is 13.0. The van der Waals surface area contributed by atoms with Crippen LogP contribution in [0.25, 0.3) is 0 Å². The fourth-order valence-electron chi connectivity index (χ4n) is 7.11. The average Bonchev–Trinajstić information content (AvgIpc) is 3.28. The van der Waals surface area contributed by atoms with Gasteiger partial charge in [-0.3, -0.25) is 29.0 Å². The highest BCUT2D eigenvalue weighted by Gasteiger charge is 2.76. The first-order valence-electron chi connectivity index (χ1n) is 13.1. The van der Waals surface area contributed by atoms with Crippen molar-refractivity contribution < 1.29 is 24.3 Å². The van der Waals surface area contributed by atoms with E-state index in [4.69, 9.17) is 34.8 Å². The minimum atomic E-state index is -1.99. The van der Waals surface area contributed by atoms with Gasteiger partial charge < -0.3 is 5.11 Å². The first-order valence-corrected chi connectivity index (χ1v) is 15.3. The minimum absolute atomic E-state index is 0.0886. The fraction of sp³-hybridized carbons (Fsp3) is 0.333. The average molecular weight is 679 g/mol. The quantitative estimate of drug-likeness (QED) is 0.190. The lowest BCUT2D eigenvalue weighted by molar-refractivity contribution is -0.138. The Balaban J connectivity index is 1.54. The van der Waals surface area contributed by atoms with E-state index in [2.05, 4.69) is 22.5 Å². The van der Waals surface area contributed by atoms with Crippen LogP contribution in [0, 0.1) is 17.8 Å². The van der Waals surface area contributed by atoms with Crippen LogP contribution in [0.1, 0.15) is 29.9 Å². The number of nitrogens with zero attached hydrogens (tertiary/aromatic N) is 2. The highest BCUT2D eigenvalue weighted by atomic mass is 79.9. The molecular weight excluding hydrogens is 655 g/mol. The lowest BCUT2D eigenvalue weighted by Gasteiger charge is -2.50. The van der Waals surface area contributed by atoms with E-state index >= 15 is 0 Å². The predicted molar refractivity (Wildman–Crippen MR) is 159 cm³/mol. The topological polar surface area (TPSA) is 95.0 Å². The third-order valence-electron chi connectivity index (χ3n) is 8.93. The summed E-state index contributed by atoms with van der Waals surface area (Å²) in [5.74, 6) is -5.49. The molecule has 0 spiro atoms. The van der Waals surface area contributed by atoms with Crippen molar-refractivity contribution in [3.63, 3.8) is 0 Å². The minimum Gasteiger partial charge on any atom is -0.507 e. The van der Waals surface area contributed by atoms with Gasteiger partial charge in [-0.05, 0) is 55.0 Å². The highest BCUT2D eigenvalue weighted by Crippen LogP contribution is 2.66. The molecule has 0 radical (unpaired) electrons. The van der Waals surface area contributed by atoms with Crippen molar-refractivity contribution >= 4 is 80.0 Å². The number of hydrogen-bond acceptors (Lipinski definition) is 5. The van der Waals surface area contributed by atoms with Gasteiger partial charge in [0.15, 0.2) is 9.75 Å². The van der Waals surface area contributed by atoms with Gasteiger partial charge in [-0.25, -0.2) is 0 Å². The third-order valence-corrected chi connectivity index (χ3v) is 11.1. The molecule has 1 N–H and O–H groups in total. The number of phenols is 1. The van der Waals surface area contributed by atoms with Crippen molar-refractivity contribution in [2.24, 2.45) is 17.8 Å². The monoisotopic (exact) mass is 676 g/mol. The number of likely N-dealkylation sites (tertiary alicyclic amines) is 1. The van der Waals surface area contributed by atoms with Gasteiger partial charge in [-0.2, -0.15) is 0 Å². The Bertz CT molecular complexity index is 1560. The van der Waals surface area contributed by atoms with Gasteiger partial charge in [0.1, 0.15) is 5.75 Å². The molecule has 2 heterocycles. The van der Waals surface area contributed by atoms with Crippen molar-refractivity contribution in [3.05, 3.63) is 82.9 Å². The van der Waals surface area contributed by atoms with Crippen LogP contribution in [0.5, 0.6) is 5.75 Å². The van der Waals surface area contributed by atoms with E-state index in [1.165, 1.54) is 0 Å². The number of anilines is 1. The van der Waals surface area contributed by atoms with Crippen molar-refractivity contribution in [3.8, 4) is 5.75 Å². The molecule has 2 aromatic rings. The fourth-order valence-corrected chi connectivity index (χ4v) is 8.65. The molecule has 4 aliphatic rings. The number of alkyl halides is 3. The molecule has 212 valence electrons. The summed E-state index contributed by atoms with van der Waals surface area (Å²) in [6, 6.07) is 11.5. The molecule has 41 heavy (non-hydrogen) atoms. The van der Waals surface area contributed by atoms with Gasteiger partial charge in [-0.1, -0.05) is 63.5 Å². The summed E-state index contributed by atoms with van der Waals surface area (Å²) in [6.07, 6.45) is 3.92. The van der Waals surface area contributed by atoms with Crippen LogP contribution in [0.2, 0.25) is 5.02 Å². The summed E-state index contributed by atoms with van der Waals surface area (Å²) in [4.78, 5) is 53.5. The van der Waals surface area contributed by atoms with Crippen LogP contribution in [0.4, 0.5) is 5.69 Å². The van der Waals surface area contributed by atoms with Crippen LogP contribution in [0.3, 0.4) is 0 Å². The zero-order chi connectivity index (χ0) is 29.4. The van der Waals surface area contributed by atoms with Crippen LogP contribution >= 0.6 is 50.7 Å². The Labute approximate surface area is 259 Å². The molecule has 0 bridgehead atoms. The van der Waals surface area contributed by atoms with Crippen molar-refractivity contribution in [1.82, 2.24) is 4.90 Å². The number of benzene rings is 2. The molecule has 7 nitrogen and oxygen atoms in total. The first kappa shape index (κ1) is 28.5. The number of halogens is 4. The molecule has 11 heteroatoms. The summed E-state index contributed by atoms with van der Waals surface area (Å²) in [5, 5.41) is 11.9. The van der Waals surface area contributed by atoms with Crippen LogP contribution in [-0.4, -0.2) is 48.8 Å². The number of fused-ring (bicyclic) bond motifs is 4. The summed E-state index contributed by atoms with van der Waals surface area (Å²) in [5.41, 5.74) is 1.76. The van der Waals surface area contributed by atoms with Gasteiger partial charge in [0, 0.05) is 16.5 Å². The Morgan fingerprint density at radius 2 is 1.73 bits per heavy atom. The SMILES string of the molecule is C=CCc1cccc(C2C3=CCC4C(=O)N(c5ccc(Cl)cc5)C(=O)C4C3CC3(Cl)C(=O)N(CBr)C(=O)C23Cl)c1O. The number of imide groups is 2. The van der Waals surface area contributed by atoms with Gasteiger partial charge in [-0.15, -0.1) is 29.8 Å². The van der Waals surface area contributed by atoms with E-state index in [9.17, 15) is 24.3 Å². The maximum absolute atomic E-state index is 14.0. The standard InChI is InChI=1S/C30H24BrCl3N2O5/c1-2-4-15-5-3-6-20(24(15)37)23-18-11-12-19-22(26(39)36(25(19)38)17-9-7-16(32)8-10-17)21(18)13-29(33)27(40)35(14-31)28(41)30(23,29)34/h2-3,5-11,19,21-23,37H,1,4,12-14H2. The lowest BCUT2D eigenvalue weighted by Crippen LogP contribution is -2.60. The van der Waals surface area contributed by atoms with Gasteiger partial charge in [0.05, 0.1) is 23.0 Å². The molecule has 6 atom stereocenters. The van der Waals surface area contributed by atoms with Crippen LogP contribution < -0.4 is 4.90 Å². The molecule has 2 aromatic carbocycles. The first-order chi connectivity index (χ1) is 19.5. The molecule has 6 unspecified atom stereocenters. The molecule has 2 aliphatic heterocycles. The molecular formula is C30H24BrCl3N2O5. The number of amides is 4. The third kappa shape index (κ3) is 3.76. The number of hydrogen-bond donors (Lipinski definition) is 1. The molecule has 6 rings (SSSR count). The summed E-state index contributed by atoms with van der Waals surface area (Å²) >= 11 is 23.7. The second kappa shape index (κ2) is 9.97. The Morgan fingerprint density at radius 3 is 2.39 bits per heavy atom. The number of para-hydroxylation sites is 1. The summed E-state index contributed by atoms with van der Waals surface area (Å²) < 4.78 is 0. The maximum Gasteiger partial charge on any atom is 0.254 e. The van der Waals surface area contributed by atoms with Crippen molar-refractivity contribution in [2.45, 2.75) is 34.9 Å². The predicted octanol–water partition coefficient (Wildman–Crippen LogP) is 5.69. The molecule has 3 fully saturated rings. The van der Waals surface area contributed by atoms with E-state index in [-0.39, 0.29) is 30.0 Å². The van der Waals surface area contributed by atoms with Gasteiger partial charge in [0.25, 0.3) is 11.8 Å². The molecule has 0 aromatic heterocycles. The summed E-state index contributed by atoms with van der Waals surface area (Å²) in [6.45, 7) is 3.75. The Morgan fingerprint density at radius 1 is 1.02 bits per heavy atom. The number of aromatic hydroxyl groups is 1. The van der Waals surface area contributed by atoms with Crippen LogP contribution in [0.15, 0.2) is 66.8 Å². The molecule has 1 saturated carbocycles. The molecule has 2 saturated heterocycles. The molecule has 2 aliphatic carbocycles.